The van der Waals surface area contributed by atoms with Crippen LogP contribution in [0.5, 0.6) is 11.5 Å². The van der Waals surface area contributed by atoms with Crippen molar-refractivity contribution in [1.82, 2.24) is 14.9 Å². The summed E-state index contributed by atoms with van der Waals surface area (Å²) in [6.07, 6.45) is 0. The molecule has 2 aliphatic heterocycles. The number of hydrogen-bond acceptors (Lipinski definition) is 6. The molecule has 2 aromatic carbocycles. The highest BCUT2D eigenvalue weighted by atomic mass is 32.2. The zero-order chi connectivity index (χ0) is 19.1. The molecule has 1 saturated heterocycles. The minimum Gasteiger partial charge on any atom is -0.609 e. The summed E-state index contributed by atoms with van der Waals surface area (Å²) in [5.41, 5.74) is 3.79. The average Bonchev–Trinajstić information content (AvgIpc) is 3.33. The SMILES string of the molecule is CN1CCN(c2ccccc2C[S+]([O-])c2nc3cc4c(cc3[nH]2)OCO4)CC1. The first-order valence-corrected chi connectivity index (χ1v) is 10.7. The number of nitrogens with one attached hydrogen (secondary N) is 1. The monoisotopic (exact) mass is 398 g/mol. The second-order valence-electron chi connectivity index (χ2n) is 7.17. The molecular formula is C20H22N4O3S. The van der Waals surface area contributed by atoms with Crippen LogP contribution in [0.25, 0.3) is 11.0 Å². The normalized spacial score (nSPS) is 18.0. The van der Waals surface area contributed by atoms with Gasteiger partial charge in [-0.1, -0.05) is 18.2 Å². The molecule has 8 heteroatoms. The quantitative estimate of drug-likeness (QED) is 0.680. The molecule has 146 valence electrons. The van der Waals surface area contributed by atoms with Crippen LogP contribution in [0.3, 0.4) is 0 Å². The Balaban J connectivity index is 1.38. The standard InChI is InChI=1S/C20H22N4O3S/c1-23-6-8-24(9-7-23)17-5-3-2-4-14(17)12-28(25)20-21-15-10-18-19(27-13-26-18)11-16(15)22-20/h2-5,10-11H,6-9,12-13H2,1H3,(H,21,22). The first-order valence-electron chi connectivity index (χ1n) is 9.36. The lowest BCUT2D eigenvalue weighted by atomic mass is 10.1. The average molecular weight is 398 g/mol. The summed E-state index contributed by atoms with van der Waals surface area (Å²) in [4.78, 5) is 12.4. The van der Waals surface area contributed by atoms with E-state index < -0.39 is 11.2 Å². The van der Waals surface area contributed by atoms with Crippen molar-refractivity contribution in [3.8, 4) is 11.5 Å². The number of aromatic nitrogens is 2. The van der Waals surface area contributed by atoms with Gasteiger partial charge < -0.3 is 23.8 Å². The van der Waals surface area contributed by atoms with E-state index in [1.165, 1.54) is 5.69 Å². The van der Waals surface area contributed by atoms with Crippen LogP contribution >= 0.6 is 0 Å². The van der Waals surface area contributed by atoms with Gasteiger partial charge in [0.25, 0.3) is 0 Å². The number of anilines is 1. The Morgan fingerprint density at radius 2 is 1.86 bits per heavy atom. The van der Waals surface area contributed by atoms with Crippen molar-refractivity contribution in [3.63, 3.8) is 0 Å². The molecule has 0 spiro atoms. The van der Waals surface area contributed by atoms with Crippen LogP contribution in [0.1, 0.15) is 5.56 Å². The Hall–Kier alpha value is -2.42. The van der Waals surface area contributed by atoms with Crippen molar-refractivity contribution in [2.75, 3.05) is 44.9 Å². The zero-order valence-corrected chi connectivity index (χ0v) is 16.5. The van der Waals surface area contributed by atoms with Crippen molar-refractivity contribution >= 4 is 27.9 Å². The summed E-state index contributed by atoms with van der Waals surface area (Å²) in [6, 6.07) is 11.9. The number of ether oxygens (including phenoxy) is 2. The van der Waals surface area contributed by atoms with Gasteiger partial charge in [-0.05, 0) is 13.1 Å². The number of para-hydroxylation sites is 1. The number of likely N-dealkylation sites (N-methyl/N-ethyl adjacent to an activating group) is 1. The van der Waals surface area contributed by atoms with Gasteiger partial charge in [0.2, 0.25) is 6.79 Å². The Labute approximate surface area is 166 Å². The fraction of sp³-hybridized carbons (Fsp3) is 0.350. The minimum absolute atomic E-state index is 0.226. The summed E-state index contributed by atoms with van der Waals surface area (Å²) < 4.78 is 23.9. The number of aromatic amines is 1. The lowest BCUT2D eigenvalue weighted by molar-refractivity contribution is 0.174. The highest BCUT2D eigenvalue weighted by Gasteiger charge is 2.24. The molecule has 28 heavy (non-hydrogen) atoms. The molecule has 7 nitrogen and oxygen atoms in total. The molecule has 1 fully saturated rings. The lowest BCUT2D eigenvalue weighted by Crippen LogP contribution is -2.44. The summed E-state index contributed by atoms with van der Waals surface area (Å²) in [7, 11) is 2.14. The van der Waals surface area contributed by atoms with Crippen LogP contribution in [-0.2, 0) is 16.9 Å². The molecule has 3 heterocycles. The maximum Gasteiger partial charge on any atom is 0.321 e. The predicted octanol–water partition coefficient (Wildman–Crippen LogP) is 2.35. The number of benzene rings is 2. The molecule has 0 aliphatic carbocycles. The summed E-state index contributed by atoms with van der Waals surface area (Å²) in [5, 5.41) is 0.479. The molecule has 1 N–H and O–H groups in total. The fourth-order valence-corrected chi connectivity index (χ4v) is 4.77. The van der Waals surface area contributed by atoms with Crippen LogP contribution in [0, 0.1) is 0 Å². The zero-order valence-electron chi connectivity index (χ0n) is 15.7. The molecule has 1 unspecified atom stereocenters. The van der Waals surface area contributed by atoms with Gasteiger partial charge >= 0.3 is 5.16 Å². The van der Waals surface area contributed by atoms with Crippen LogP contribution in [0.4, 0.5) is 5.69 Å². The fourth-order valence-electron chi connectivity index (χ4n) is 3.68. The molecule has 0 radical (unpaired) electrons. The van der Waals surface area contributed by atoms with Gasteiger partial charge in [-0.15, -0.1) is 0 Å². The molecule has 5 rings (SSSR count). The predicted molar refractivity (Wildman–Crippen MR) is 108 cm³/mol. The topological polar surface area (TPSA) is 76.7 Å². The Kier molecular flexibility index (Phi) is 4.54. The highest BCUT2D eigenvalue weighted by Crippen LogP contribution is 2.36. The highest BCUT2D eigenvalue weighted by molar-refractivity contribution is 7.90. The van der Waals surface area contributed by atoms with Gasteiger partial charge in [0.1, 0.15) is 5.75 Å². The van der Waals surface area contributed by atoms with Gasteiger partial charge in [-0.3, -0.25) is 4.98 Å². The summed E-state index contributed by atoms with van der Waals surface area (Å²) in [6.45, 7) is 4.27. The molecular weight excluding hydrogens is 376 g/mol. The van der Waals surface area contributed by atoms with Crippen LogP contribution in [0.15, 0.2) is 41.6 Å². The third-order valence-corrected chi connectivity index (χ3v) is 6.49. The third kappa shape index (κ3) is 3.28. The summed E-state index contributed by atoms with van der Waals surface area (Å²) >= 11 is -1.27. The van der Waals surface area contributed by atoms with E-state index in [-0.39, 0.29) is 6.79 Å². The molecule has 0 amide bonds. The Morgan fingerprint density at radius 1 is 1.11 bits per heavy atom. The molecule has 0 saturated carbocycles. The van der Waals surface area contributed by atoms with E-state index in [1.807, 2.05) is 24.3 Å². The van der Waals surface area contributed by atoms with Crippen LogP contribution in [-0.4, -0.2) is 59.4 Å². The first-order chi connectivity index (χ1) is 13.7. The molecule has 2 aliphatic rings. The minimum atomic E-state index is -1.27. The van der Waals surface area contributed by atoms with Gasteiger partial charge in [-0.25, -0.2) is 0 Å². The van der Waals surface area contributed by atoms with Gasteiger partial charge in [0.15, 0.2) is 11.5 Å². The second kappa shape index (κ2) is 7.20. The first kappa shape index (κ1) is 17.7. The maximum absolute atomic E-state index is 13.1. The number of imidazole rings is 1. The Morgan fingerprint density at radius 3 is 2.68 bits per heavy atom. The van der Waals surface area contributed by atoms with E-state index in [4.69, 9.17) is 9.47 Å². The smallest absolute Gasteiger partial charge is 0.321 e. The number of H-pyrrole nitrogens is 1. The number of nitrogens with zero attached hydrogens (tertiary/aromatic N) is 3. The van der Waals surface area contributed by atoms with Crippen LogP contribution < -0.4 is 14.4 Å². The lowest BCUT2D eigenvalue weighted by Gasteiger charge is -2.35. The van der Waals surface area contributed by atoms with Gasteiger partial charge in [0.05, 0.1) is 11.0 Å². The van der Waals surface area contributed by atoms with E-state index in [0.717, 1.165) is 42.8 Å². The largest absolute Gasteiger partial charge is 0.609 e. The second-order valence-corrected chi connectivity index (χ2v) is 8.54. The van der Waals surface area contributed by atoms with E-state index >= 15 is 0 Å². The third-order valence-electron chi connectivity index (χ3n) is 5.29. The number of fused-ring (bicyclic) bond motifs is 2. The van der Waals surface area contributed by atoms with E-state index in [0.29, 0.717) is 22.4 Å². The van der Waals surface area contributed by atoms with Gasteiger partial charge in [0, 0.05) is 60.7 Å². The van der Waals surface area contributed by atoms with Crippen molar-refractivity contribution in [3.05, 3.63) is 42.0 Å². The molecule has 1 aromatic heterocycles. The van der Waals surface area contributed by atoms with Crippen molar-refractivity contribution in [2.45, 2.75) is 10.9 Å². The summed E-state index contributed by atoms with van der Waals surface area (Å²) in [5.74, 6) is 1.79. The Bertz CT molecular complexity index is 959. The van der Waals surface area contributed by atoms with Crippen molar-refractivity contribution in [2.24, 2.45) is 0 Å². The number of hydrogen-bond donors (Lipinski definition) is 1. The van der Waals surface area contributed by atoms with Crippen molar-refractivity contribution in [1.29, 1.82) is 0 Å². The van der Waals surface area contributed by atoms with Crippen LogP contribution in [0.2, 0.25) is 0 Å². The van der Waals surface area contributed by atoms with E-state index in [1.54, 1.807) is 0 Å². The molecule has 3 aromatic rings. The van der Waals surface area contributed by atoms with E-state index in [9.17, 15) is 4.55 Å². The molecule has 1 atom stereocenters. The van der Waals surface area contributed by atoms with E-state index in [2.05, 4.69) is 38.9 Å². The molecule has 0 bridgehead atoms. The maximum atomic E-state index is 13.1. The number of rotatable bonds is 4. The van der Waals surface area contributed by atoms with Crippen molar-refractivity contribution < 1.29 is 14.0 Å². The number of piperazine rings is 1. The van der Waals surface area contributed by atoms with Gasteiger partial charge in [-0.2, -0.15) is 4.98 Å².